The summed E-state index contributed by atoms with van der Waals surface area (Å²) in [6.07, 6.45) is 0. The van der Waals surface area contributed by atoms with Crippen molar-refractivity contribution in [1.29, 1.82) is 5.26 Å². The minimum absolute atomic E-state index is 0.353. The van der Waals surface area contributed by atoms with E-state index >= 15 is 0 Å². The molecule has 2 rings (SSSR count). The number of hydrogen-bond donors (Lipinski definition) is 1. The predicted molar refractivity (Wildman–Crippen MR) is 77.6 cm³/mol. The van der Waals surface area contributed by atoms with Gasteiger partial charge in [-0.3, -0.25) is 0 Å². The molecule has 19 heavy (non-hydrogen) atoms. The van der Waals surface area contributed by atoms with E-state index in [4.69, 9.17) is 16.9 Å². The number of nitrogens with zero attached hydrogens (tertiary/aromatic N) is 1. The van der Waals surface area contributed by atoms with Gasteiger partial charge in [0.25, 0.3) is 0 Å². The third kappa shape index (κ3) is 3.46. The van der Waals surface area contributed by atoms with E-state index in [1.165, 1.54) is 12.1 Å². The Bertz CT molecular complexity index is 652. The minimum Gasteiger partial charge on any atom is -0.380 e. The highest BCUT2D eigenvalue weighted by atomic mass is 79.9. The van der Waals surface area contributed by atoms with Crippen molar-refractivity contribution >= 4 is 33.2 Å². The molecule has 2 aromatic rings. The van der Waals surface area contributed by atoms with E-state index in [0.717, 1.165) is 15.7 Å². The van der Waals surface area contributed by atoms with Crippen LogP contribution in [0.5, 0.6) is 0 Å². The molecule has 0 aliphatic carbocycles. The Morgan fingerprint density at radius 2 is 2.05 bits per heavy atom. The second-order valence-electron chi connectivity index (χ2n) is 3.90. The van der Waals surface area contributed by atoms with Crippen molar-refractivity contribution in [3.05, 3.63) is 62.8 Å². The molecule has 0 atom stereocenters. The zero-order valence-corrected chi connectivity index (χ0v) is 12.1. The Morgan fingerprint density at radius 3 is 2.68 bits per heavy atom. The standard InChI is InChI=1S/C14H9BrClFN2/c15-12-5-9(7-18)1-4-14(12)19-8-10-2-3-11(17)6-13(10)16/h1-6,19H,8H2. The van der Waals surface area contributed by atoms with Gasteiger partial charge in [-0.05, 0) is 51.8 Å². The first-order valence-corrected chi connectivity index (χ1v) is 6.64. The van der Waals surface area contributed by atoms with Crippen molar-refractivity contribution in [1.82, 2.24) is 0 Å². The van der Waals surface area contributed by atoms with Gasteiger partial charge in [-0.25, -0.2) is 4.39 Å². The molecule has 0 aliphatic heterocycles. The van der Waals surface area contributed by atoms with Crippen LogP contribution >= 0.6 is 27.5 Å². The molecule has 0 radical (unpaired) electrons. The van der Waals surface area contributed by atoms with Crippen LogP contribution in [0.15, 0.2) is 40.9 Å². The Kier molecular flexibility index (Phi) is 4.41. The average Bonchev–Trinajstić information content (AvgIpc) is 2.39. The predicted octanol–water partition coefficient (Wildman–Crippen LogP) is 4.73. The molecule has 0 bridgehead atoms. The molecule has 96 valence electrons. The lowest BCUT2D eigenvalue weighted by molar-refractivity contribution is 0.627. The fourth-order valence-electron chi connectivity index (χ4n) is 1.58. The van der Waals surface area contributed by atoms with Crippen LogP contribution in [-0.4, -0.2) is 0 Å². The Labute approximate surface area is 123 Å². The van der Waals surface area contributed by atoms with Gasteiger partial charge in [-0.1, -0.05) is 17.7 Å². The van der Waals surface area contributed by atoms with Crippen molar-refractivity contribution in [3.8, 4) is 6.07 Å². The lowest BCUT2D eigenvalue weighted by Crippen LogP contribution is -2.01. The number of nitrogens with one attached hydrogen (secondary N) is 1. The smallest absolute Gasteiger partial charge is 0.124 e. The van der Waals surface area contributed by atoms with Crippen LogP contribution in [0.4, 0.5) is 10.1 Å². The number of rotatable bonds is 3. The van der Waals surface area contributed by atoms with Gasteiger partial charge < -0.3 is 5.32 Å². The molecule has 0 aliphatic rings. The van der Waals surface area contributed by atoms with E-state index in [9.17, 15) is 4.39 Å². The fourth-order valence-corrected chi connectivity index (χ4v) is 2.34. The molecule has 0 heterocycles. The molecule has 0 aromatic heterocycles. The monoisotopic (exact) mass is 338 g/mol. The molecule has 2 nitrogen and oxygen atoms in total. The zero-order chi connectivity index (χ0) is 13.8. The van der Waals surface area contributed by atoms with Crippen LogP contribution in [0.3, 0.4) is 0 Å². The van der Waals surface area contributed by atoms with Crippen LogP contribution in [0.25, 0.3) is 0 Å². The lowest BCUT2D eigenvalue weighted by atomic mass is 10.2. The highest BCUT2D eigenvalue weighted by molar-refractivity contribution is 9.10. The summed E-state index contributed by atoms with van der Waals surface area (Å²) >= 11 is 9.33. The largest absolute Gasteiger partial charge is 0.380 e. The Hall–Kier alpha value is -1.57. The third-order valence-electron chi connectivity index (χ3n) is 2.58. The van der Waals surface area contributed by atoms with Gasteiger partial charge >= 0.3 is 0 Å². The SMILES string of the molecule is N#Cc1ccc(NCc2ccc(F)cc2Cl)c(Br)c1. The summed E-state index contributed by atoms with van der Waals surface area (Å²) in [5.74, 6) is -0.353. The third-order valence-corrected chi connectivity index (χ3v) is 3.59. The van der Waals surface area contributed by atoms with Crippen molar-refractivity contribution < 1.29 is 4.39 Å². The van der Waals surface area contributed by atoms with E-state index in [0.29, 0.717) is 17.1 Å². The van der Waals surface area contributed by atoms with Crippen LogP contribution in [0, 0.1) is 17.1 Å². The van der Waals surface area contributed by atoms with Crippen molar-refractivity contribution in [2.75, 3.05) is 5.32 Å². The van der Waals surface area contributed by atoms with Gasteiger partial charge in [0.1, 0.15) is 5.82 Å². The van der Waals surface area contributed by atoms with Gasteiger partial charge in [0.2, 0.25) is 0 Å². The highest BCUT2D eigenvalue weighted by Crippen LogP contribution is 2.25. The number of nitriles is 1. The van der Waals surface area contributed by atoms with Crippen molar-refractivity contribution in [2.45, 2.75) is 6.54 Å². The number of anilines is 1. The molecule has 0 unspecified atom stereocenters. The maximum absolute atomic E-state index is 12.9. The number of benzene rings is 2. The van der Waals surface area contributed by atoms with Crippen LogP contribution in [-0.2, 0) is 6.54 Å². The van der Waals surface area contributed by atoms with Gasteiger partial charge in [-0.15, -0.1) is 0 Å². The molecule has 0 saturated carbocycles. The molecular weight excluding hydrogens is 331 g/mol. The van der Waals surface area contributed by atoms with E-state index in [1.54, 1.807) is 24.3 Å². The van der Waals surface area contributed by atoms with Crippen molar-refractivity contribution in [3.63, 3.8) is 0 Å². The minimum atomic E-state index is -0.353. The zero-order valence-electron chi connectivity index (χ0n) is 9.75. The number of halogens is 3. The fraction of sp³-hybridized carbons (Fsp3) is 0.0714. The van der Waals surface area contributed by atoms with E-state index in [-0.39, 0.29) is 5.82 Å². The molecule has 0 saturated heterocycles. The molecular formula is C14H9BrClFN2. The van der Waals surface area contributed by atoms with E-state index in [1.807, 2.05) is 0 Å². The Morgan fingerprint density at radius 1 is 1.26 bits per heavy atom. The second-order valence-corrected chi connectivity index (χ2v) is 5.16. The Balaban J connectivity index is 2.13. The molecule has 2 aromatic carbocycles. The summed E-state index contributed by atoms with van der Waals surface area (Å²) in [5, 5.41) is 12.3. The normalized spacial score (nSPS) is 10.0. The van der Waals surface area contributed by atoms with Crippen LogP contribution < -0.4 is 5.32 Å². The van der Waals surface area contributed by atoms with Crippen LogP contribution in [0.2, 0.25) is 5.02 Å². The first-order valence-electron chi connectivity index (χ1n) is 5.47. The first-order chi connectivity index (χ1) is 9.10. The van der Waals surface area contributed by atoms with E-state index < -0.39 is 0 Å². The molecule has 0 fully saturated rings. The first kappa shape index (κ1) is 13.9. The summed E-state index contributed by atoms with van der Waals surface area (Å²) in [4.78, 5) is 0. The van der Waals surface area contributed by atoms with E-state index in [2.05, 4.69) is 27.3 Å². The summed E-state index contributed by atoms with van der Waals surface area (Å²) in [5.41, 5.74) is 2.23. The highest BCUT2D eigenvalue weighted by Gasteiger charge is 2.04. The summed E-state index contributed by atoms with van der Waals surface area (Å²) in [6, 6.07) is 11.6. The second kappa shape index (κ2) is 6.05. The quantitative estimate of drug-likeness (QED) is 0.878. The lowest BCUT2D eigenvalue weighted by Gasteiger charge is -2.10. The molecule has 0 amide bonds. The van der Waals surface area contributed by atoms with Gasteiger partial charge in [-0.2, -0.15) is 5.26 Å². The maximum atomic E-state index is 12.9. The average molecular weight is 340 g/mol. The summed E-state index contributed by atoms with van der Waals surface area (Å²) in [7, 11) is 0. The van der Waals surface area contributed by atoms with Crippen molar-refractivity contribution in [2.24, 2.45) is 0 Å². The molecule has 5 heteroatoms. The summed E-state index contributed by atoms with van der Waals surface area (Å²) < 4.78 is 13.7. The van der Waals surface area contributed by atoms with Gasteiger partial charge in [0.05, 0.1) is 11.6 Å². The van der Waals surface area contributed by atoms with Gasteiger partial charge in [0.15, 0.2) is 0 Å². The topological polar surface area (TPSA) is 35.8 Å². The summed E-state index contributed by atoms with van der Waals surface area (Å²) in [6.45, 7) is 0.476. The molecule has 1 N–H and O–H groups in total. The van der Waals surface area contributed by atoms with Crippen LogP contribution in [0.1, 0.15) is 11.1 Å². The maximum Gasteiger partial charge on any atom is 0.124 e. The molecule has 0 spiro atoms. The van der Waals surface area contributed by atoms with Gasteiger partial charge in [0, 0.05) is 21.7 Å². The number of hydrogen-bond acceptors (Lipinski definition) is 2.